The van der Waals surface area contributed by atoms with Crippen molar-refractivity contribution in [2.45, 2.75) is 19.8 Å². The lowest BCUT2D eigenvalue weighted by Crippen LogP contribution is -2.23. The molecule has 0 aliphatic heterocycles. The largest absolute Gasteiger partial charge is 0.370 e. The highest BCUT2D eigenvalue weighted by atomic mass is 16.5. The van der Waals surface area contributed by atoms with Crippen LogP contribution in [0, 0.1) is 6.92 Å². The second-order valence-electron chi connectivity index (χ2n) is 5.94. The fraction of sp³-hybridized carbons (Fsp3) is 0.211. The first-order valence-corrected chi connectivity index (χ1v) is 8.14. The van der Waals surface area contributed by atoms with E-state index < -0.39 is 0 Å². The van der Waals surface area contributed by atoms with Crippen LogP contribution in [0.25, 0.3) is 11.4 Å². The van der Waals surface area contributed by atoms with Gasteiger partial charge < -0.3 is 15.6 Å². The molecule has 0 fully saturated rings. The molecular formula is C19H21N5O. The number of benzene rings is 2. The van der Waals surface area contributed by atoms with Crippen molar-refractivity contribution >= 4 is 11.6 Å². The molecule has 0 bridgehead atoms. The summed E-state index contributed by atoms with van der Waals surface area (Å²) in [5, 5.41) is 7.11. The van der Waals surface area contributed by atoms with Gasteiger partial charge >= 0.3 is 0 Å². The maximum Gasteiger partial charge on any atom is 0.231 e. The van der Waals surface area contributed by atoms with Crippen LogP contribution < -0.4 is 11.1 Å². The lowest BCUT2D eigenvalue weighted by Gasteiger charge is -2.07. The van der Waals surface area contributed by atoms with Crippen LogP contribution in [0.2, 0.25) is 0 Å². The minimum absolute atomic E-state index is 0.0252. The molecule has 128 valence electrons. The number of nitrogens with one attached hydrogen (secondary N) is 1. The van der Waals surface area contributed by atoms with Gasteiger partial charge in [0.25, 0.3) is 0 Å². The molecule has 0 spiro atoms. The minimum Gasteiger partial charge on any atom is -0.370 e. The molecule has 0 aliphatic rings. The fourth-order valence-corrected chi connectivity index (χ4v) is 2.36. The maximum absolute atomic E-state index is 5.95. The van der Waals surface area contributed by atoms with Gasteiger partial charge in [0.1, 0.15) is 0 Å². The number of hydrogen-bond acceptors (Lipinski definition) is 4. The third-order valence-corrected chi connectivity index (χ3v) is 3.72. The first-order valence-electron chi connectivity index (χ1n) is 8.14. The number of aliphatic imine (C=N–C) groups is 1. The van der Waals surface area contributed by atoms with E-state index in [2.05, 4.69) is 20.4 Å². The minimum atomic E-state index is -0.0252. The molecule has 0 saturated heterocycles. The van der Waals surface area contributed by atoms with Crippen LogP contribution in [0.15, 0.2) is 64.1 Å². The van der Waals surface area contributed by atoms with Crippen molar-refractivity contribution in [1.29, 1.82) is 0 Å². The van der Waals surface area contributed by atoms with Gasteiger partial charge in [-0.1, -0.05) is 54.5 Å². The SMILES string of the molecule is Cc1cccc(NC(N)=NCC(C)c2nc(-c3ccccc3)no2)c1. The van der Waals surface area contributed by atoms with Gasteiger partial charge in [0.05, 0.1) is 12.5 Å². The van der Waals surface area contributed by atoms with Crippen molar-refractivity contribution in [3.05, 3.63) is 66.1 Å². The number of rotatable bonds is 5. The van der Waals surface area contributed by atoms with E-state index >= 15 is 0 Å². The number of aryl methyl sites for hydroxylation is 1. The average molecular weight is 335 g/mol. The van der Waals surface area contributed by atoms with Crippen LogP contribution in [-0.4, -0.2) is 22.6 Å². The number of aromatic nitrogens is 2. The van der Waals surface area contributed by atoms with Crippen molar-refractivity contribution in [2.75, 3.05) is 11.9 Å². The topological polar surface area (TPSA) is 89.3 Å². The summed E-state index contributed by atoms with van der Waals surface area (Å²) in [5.74, 6) is 1.46. The first kappa shape index (κ1) is 16.7. The Morgan fingerprint density at radius 2 is 2.00 bits per heavy atom. The third-order valence-electron chi connectivity index (χ3n) is 3.72. The van der Waals surface area contributed by atoms with Crippen molar-refractivity contribution in [3.8, 4) is 11.4 Å². The maximum atomic E-state index is 5.95. The van der Waals surface area contributed by atoms with Gasteiger partial charge in [-0.05, 0) is 24.6 Å². The van der Waals surface area contributed by atoms with E-state index in [1.165, 1.54) is 0 Å². The summed E-state index contributed by atoms with van der Waals surface area (Å²) in [6.07, 6.45) is 0. The number of nitrogens with two attached hydrogens (primary N) is 1. The predicted molar refractivity (Wildman–Crippen MR) is 99.4 cm³/mol. The van der Waals surface area contributed by atoms with Gasteiger partial charge in [0, 0.05) is 11.3 Å². The molecule has 3 aromatic rings. The molecule has 0 aliphatic carbocycles. The first-order chi connectivity index (χ1) is 12.1. The van der Waals surface area contributed by atoms with Crippen LogP contribution >= 0.6 is 0 Å². The lowest BCUT2D eigenvalue weighted by molar-refractivity contribution is 0.361. The van der Waals surface area contributed by atoms with Crippen LogP contribution in [0.3, 0.4) is 0 Å². The predicted octanol–water partition coefficient (Wildman–Crippen LogP) is 3.58. The van der Waals surface area contributed by atoms with Gasteiger partial charge in [0.15, 0.2) is 5.96 Å². The molecule has 0 amide bonds. The Balaban J connectivity index is 1.62. The standard InChI is InChI=1S/C19H21N5O/c1-13-7-6-10-16(11-13)22-19(20)21-12-14(2)18-23-17(24-25-18)15-8-4-3-5-9-15/h3-11,14H,12H2,1-2H3,(H3,20,21,22). The summed E-state index contributed by atoms with van der Waals surface area (Å²) in [6.45, 7) is 4.47. The van der Waals surface area contributed by atoms with Crippen LogP contribution in [-0.2, 0) is 0 Å². The normalized spacial score (nSPS) is 12.8. The summed E-state index contributed by atoms with van der Waals surface area (Å²) in [6, 6.07) is 17.7. The monoisotopic (exact) mass is 335 g/mol. The van der Waals surface area contributed by atoms with Crippen LogP contribution in [0.5, 0.6) is 0 Å². The zero-order chi connectivity index (χ0) is 17.6. The van der Waals surface area contributed by atoms with E-state index in [1.807, 2.05) is 68.4 Å². The molecular weight excluding hydrogens is 314 g/mol. The lowest BCUT2D eigenvalue weighted by atomic mass is 10.2. The fourth-order valence-electron chi connectivity index (χ4n) is 2.36. The second kappa shape index (κ2) is 7.61. The zero-order valence-corrected chi connectivity index (χ0v) is 14.3. The molecule has 0 radical (unpaired) electrons. The summed E-state index contributed by atoms with van der Waals surface area (Å²) in [4.78, 5) is 8.81. The third kappa shape index (κ3) is 4.44. The summed E-state index contributed by atoms with van der Waals surface area (Å²) >= 11 is 0. The van der Waals surface area contributed by atoms with Gasteiger partial charge in [0.2, 0.25) is 11.7 Å². The van der Waals surface area contributed by atoms with E-state index in [1.54, 1.807) is 0 Å². The average Bonchev–Trinajstić information content (AvgIpc) is 3.11. The molecule has 0 saturated carbocycles. The number of hydrogen-bond donors (Lipinski definition) is 2. The van der Waals surface area contributed by atoms with Gasteiger partial charge in [-0.15, -0.1) is 0 Å². The Morgan fingerprint density at radius 3 is 2.76 bits per heavy atom. The number of guanidine groups is 1. The number of nitrogens with zero attached hydrogens (tertiary/aromatic N) is 3. The molecule has 6 nitrogen and oxygen atoms in total. The molecule has 1 aromatic heterocycles. The molecule has 3 N–H and O–H groups in total. The Kier molecular flexibility index (Phi) is 5.09. The van der Waals surface area contributed by atoms with Crippen molar-refractivity contribution in [3.63, 3.8) is 0 Å². The highest BCUT2D eigenvalue weighted by Gasteiger charge is 2.15. The smallest absolute Gasteiger partial charge is 0.231 e. The quantitative estimate of drug-likeness (QED) is 0.549. The highest BCUT2D eigenvalue weighted by Crippen LogP contribution is 2.19. The van der Waals surface area contributed by atoms with Crippen LogP contribution in [0.1, 0.15) is 24.3 Å². The van der Waals surface area contributed by atoms with Gasteiger partial charge in [-0.2, -0.15) is 4.98 Å². The van der Waals surface area contributed by atoms with E-state index in [0.717, 1.165) is 16.8 Å². The molecule has 2 aromatic carbocycles. The van der Waals surface area contributed by atoms with Gasteiger partial charge in [-0.25, -0.2) is 0 Å². The Bertz CT molecular complexity index is 857. The molecule has 25 heavy (non-hydrogen) atoms. The summed E-state index contributed by atoms with van der Waals surface area (Å²) in [5.41, 5.74) is 8.95. The van der Waals surface area contributed by atoms with E-state index in [-0.39, 0.29) is 5.92 Å². The molecule has 1 atom stereocenters. The number of anilines is 1. The highest BCUT2D eigenvalue weighted by molar-refractivity contribution is 5.92. The zero-order valence-electron chi connectivity index (χ0n) is 14.3. The van der Waals surface area contributed by atoms with Crippen molar-refractivity contribution in [1.82, 2.24) is 10.1 Å². The molecule has 3 rings (SSSR count). The molecule has 1 unspecified atom stereocenters. The van der Waals surface area contributed by atoms with Crippen molar-refractivity contribution < 1.29 is 4.52 Å². The molecule has 6 heteroatoms. The second-order valence-corrected chi connectivity index (χ2v) is 5.94. The Hall–Kier alpha value is -3.15. The van der Waals surface area contributed by atoms with E-state index in [0.29, 0.717) is 24.2 Å². The Labute approximate surface area is 146 Å². The summed E-state index contributed by atoms with van der Waals surface area (Å²) < 4.78 is 5.36. The van der Waals surface area contributed by atoms with E-state index in [9.17, 15) is 0 Å². The van der Waals surface area contributed by atoms with E-state index in [4.69, 9.17) is 10.3 Å². The van der Waals surface area contributed by atoms with Crippen molar-refractivity contribution in [2.24, 2.45) is 10.7 Å². The molecule has 1 heterocycles. The Morgan fingerprint density at radius 1 is 1.20 bits per heavy atom. The van der Waals surface area contributed by atoms with Crippen LogP contribution in [0.4, 0.5) is 5.69 Å². The van der Waals surface area contributed by atoms with Gasteiger partial charge in [-0.3, -0.25) is 4.99 Å². The summed E-state index contributed by atoms with van der Waals surface area (Å²) in [7, 11) is 0.